The summed E-state index contributed by atoms with van der Waals surface area (Å²) >= 11 is 0. The van der Waals surface area contributed by atoms with Crippen molar-refractivity contribution in [2.75, 3.05) is 0 Å². The number of fused-ring (bicyclic) bond motifs is 4. The van der Waals surface area contributed by atoms with Crippen LogP contribution in [-0.2, 0) is 0 Å². The highest BCUT2D eigenvalue weighted by atomic mass is 16.3. The second kappa shape index (κ2) is 12.9. The molecule has 0 saturated carbocycles. The van der Waals surface area contributed by atoms with Gasteiger partial charge in [-0.25, -0.2) is 9.97 Å². The van der Waals surface area contributed by atoms with E-state index in [9.17, 15) is 0 Å². The van der Waals surface area contributed by atoms with Gasteiger partial charge >= 0.3 is 0 Å². The molecular weight excluding hydrogens is 645 g/mol. The first-order chi connectivity index (χ1) is 26.2. The molecule has 53 heavy (non-hydrogen) atoms. The molecule has 2 aromatic heterocycles. The number of nitrogens with zero attached hydrogens (tertiary/aromatic N) is 2. The highest BCUT2D eigenvalue weighted by Gasteiger charge is 2.17. The van der Waals surface area contributed by atoms with Crippen LogP contribution < -0.4 is 0 Å². The first kappa shape index (κ1) is 30.7. The molecule has 3 heteroatoms. The first-order valence-corrected chi connectivity index (χ1v) is 17.9. The molecule has 0 aliphatic heterocycles. The average molecular weight is 677 g/mol. The van der Waals surface area contributed by atoms with Crippen LogP contribution in [0.2, 0.25) is 0 Å². The number of rotatable bonds is 6. The standard InChI is InChI=1S/C50H32N2O/c1-3-13-33(14-4-1)34-25-27-36(28-26-34)45-32-46(52-50(51-45)37-16-5-2-6-17-37)40-30-38(42-21-11-18-35-15-7-8-19-41(35)42)29-39(31-40)43-22-12-24-48-49(43)44-20-9-10-23-47(44)53-48/h1-32H. The molecule has 10 aromatic rings. The van der Waals surface area contributed by atoms with Crippen LogP contribution in [0.15, 0.2) is 199 Å². The lowest BCUT2D eigenvalue weighted by Crippen LogP contribution is -1.97. The van der Waals surface area contributed by atoms with E-state index in [0.717, 1.165) is 66.7 Å². The minimum atomic E-state index is 0.685. The summed E-state index contributed by atoms with van der Waals surface area (Å²) in [7, 11) is 0. The van der Waals surface area contributed by atoms with Crippen LogP contribution in [0.1, 0.15) is 0 Å². The number of benzene rings is 8. The smallest absolute Gasteiger partial charge is 0.160 e. The Bertz CT molecular complexity index is 2920. The molecule has 0 unspecified atom stereocenters. The fourth-order valence-corrected chi connectivity index (χ4v) is 7.50. The third-order valence-electron chi connectivity index (χ3n) is 10.1. The van der Waals surface area contributed by atoms with Crippen LogP contribution in [0.25, 0.3) is 100.0 Å². The second-order valence-electron chi connectivity index (χ2n) is 13.4. The van der Waals surface area contributed by atoms with Gasteiger partial charge in [0.15, 0.2) is 5.82 Å². The first-order valence-electron chi connectivity index (χ1n) is 17.9. The maximum absolute atomic E-state index is 6.35. The Kier molecular flexibility index (Phi) is 7.47. The van der Waals surface area contributed by atoms with Crippen molar-refractivity contribution in [2.45, 2.75) is 0 Å². The Morgan fingerprint density at radius 3 is 1.64 bits per heavy atom. The zero-order valence-electron chi connectivity index (χ0n) is 28.8. The molecule has 0 saturated heterocycles. The number of hydrogen-bond donors (Lipinski definition) is 0. The number of hydrogen-bond acceptors (Lipinski definition) is 3. The van der Waals surface area contributed by atoms with E-state index in [1.807, 2.05) is 36.4 Å². The van der Waals surface area contributed by atoms with Crippen LogP contribution in [-0.4, -0.2) is 9.97 Å². The molecule has 0 radical (unpaired) electrons. The summed E-state index contributed by atoms with van der Waals surface area (Å²) in [4.78, 5) is 10.4. The summed E-state index contributed by atoms with van der Waals surface area (Å²) in [5.41, 5.74) is 13.3. The molecule has 3 nitrogen and oxygen atoms in total. The zero-order valence-corrected chi connectivity index (χ0v) is 28.8. The van der Waals surface area contributed by atoms with Crippen LogP contribution >= 0.6 is 0 Å². The van der Waals surface area contributed by atoms with Crippen molar-refractivity contribution in [3.05, 3.63) is 194 Å². The van der Waals surface area contributed by atoms with Gasteiger partial charge in [0.05, 0.1) is 11.4 Å². The van der Waals surface area contributed by atoms with E-state index in [1.165, 1.54) is 27.5 Å². The largest absolute Gasteiger partial charge is 0.456 e. The van der Waals surface area contributed by atoms with Crippen LogP contribution in [0.4, 0.5) is 0 Å². The van der Waals surface area contributed by atoms with Gasteiger partial charge in [0.1, 0.15) is 11.2 Å². The quantitative estimate of drug-likeness (QED) is 0.176. The fraction of sp³-hybridized carbons (Fsp3) is 0. The molecule has 248 valence electrons. The average Bonchev–Trinajstić information content (AvgIpc) is 3.63. The molecular formula is C50H32N2O. The Balaban J connectivity index is 1.21. The van der Waals surface area contributed by atoms with E-state index in [1.54, 1.807) is 0 Å². The highest BCUT2D eigenvalue weighted by Crippen LogP contribution is 2.41. The van der Waals surface area contributed by atoms with Gasteiger partial charge in [0.2, 0.25) is 0 Å². The van der Waals surface area contributed by atoms with Gasteiger partial charge in [0.25, 0.3) is 0 Å². The zero-order chi connectivity index (χ0) is 35.1. The molecule has 10 rings (SSSR count). The minimum Gasteiger partial charge on any atom is -0.456 e. The van der Waals surface area contributed by atoms with Gasteiger partial charge < -0.3 is 4.42 Å². The van der Waals surface area contributed by atoms with Gasteiger partial charge in [0, 0.05) is 27.5 Å². The van der Waals surface area contributed by atoms with Gasteiger partial charge in [-0.1, -0.05) is 158 Å². The van der Waals surface area contributed by atoms with Crippen molar-refractivity contribution in [1.29, 1.82) is 0 Å². The number of para-hydroxylation sites is 1. The summed E-state index contributed by atoms with van der Waals surface area (Å²) < 4.78 is 6.35. The predicted molar refractivity (Wildman–Crippen MR) is 219 cm³/mol. The number of aromatic nitrogens is 2. The van der Waals surface area contributed by atoms with Gasteiger partial charge in [-0.3, -0.25) is 0 Å². The fourth-order valence-electron chi connectivity index (χ4n) is 7.50. The lowest BCUT2D eigenvalue weighted by atomic mass is 9.91. The van der Waals surface area contributed by atoms with Crippen molar-refractivity contribution in [1.82, 2.24) is 9.97 Å². The Morgan fingerprint density at radius 2 is 0.849 bits per heavy atom. The molecule has 0 fully saturated rings. The molecule has 0 atom stereocenters. The molecule has 0 spiro atoms. The van der Waals surface area contributed by atoms with Crippen LogP contribution in [0.3, 0.4) is 0 Å². The molecule has 8 aromatic carbocycles. The van der Waals surface area contributed by atoms with E-state index < -0.39 is 0 Å². The van der Waals surface area contributed by atoms with Gasteiger partial charge in [-0.05, 0) is 80.6 Å². The summed E-state index contributed by atoms with van der Waals surface area (Å²) in [6.07, 6.45) is 0. The monoisotopic (exact) mass is 676 g/mol. The maximum atomic E-state index is 6.35. The summed E-state index contributed by atoms with van der Waals surface area (Å²) in [6, 6.07) is 68.1. The molecule has 0 amide bonds. The van der Waals surface area contributed by atoms with Gasteiger partial charge in [-0.15, -0.1) is 0 Å². The molecule has 2 heterocycles. The van der Waals surface area contributed by atoms with E-state index in [-0.39, 0.29) is 0 Å². The molecule has 0 N–H and O–H groups in total. The third-order valence-corrected chi connectivity index (χ3v) is 10.1. The van der Waals surface area contributed by atoms with E-state index in [2.05, 4.69) is 158 Å². The Morgan fingerprint density at radius 1 is 0.321 bits per heavy atom. The lowest BCUT2D eigenvalue weighted by Gasteiger charge is -2.15. The predicted octanol–water partition coefficient (Wildman–Crippen LogP) is 13.5. The minimum absolute atomic E-state index is 0.685. The Labute approximate surface area is 307 Å². The second-order valence-corrected chi connectivity index (χ2v) is 13.4. The third kappa shape index (κ3) is 5.65. The topological polar surface area (TPSA) is 38.9 Å². The Hall–Kier alpha value is -7.10. The summed E-state index contributed by atoms with van der Waals surface area (Å²) in [5, 5.41) is 4.62. The van der Waals surface area contributed by atoms with Crippen molar-refractivity contribution in [2.24, 2.45) is 0 Å². The lowest BCUT2D eigenvalue weighted by molar-refractivity contribution is 0.669. The van der Waals surface area contributed by atoms with Crippen molar-refractivity contribution in [3.63, 3.8) is 0 Å². The van der Waals surface area contributed by atoms with Crippen LogP contribution in [0.5, 0.6) is 0 Å². The maximum Gasteiger partial charge on any atom is 0.160 e. The van der Waals surface area contributed by atoms with Crippen LogP contribution in [0, 0.1) is 0 Å². The van der Waals surface area contributed by atoms with Crippen molar-refractivity contribution >= 4 is 32.7 Å². The van der Waals surface area contributed by atoms with Crippen molar-refractivity contribution in [3.8, 4) is 67.3 Å². The highest BCUT2D eigenvalue weighted by molar-refractivity contribution is 6.13. The summed E-state index contributed by atoms with van der Waals surface area (Å²) in [5.74, 6) is 0.685. The molecule has 0 bridgehead atoms. The molecule has 0 aliphatic carbocycles. The van der Waals surface area contributed by atoms with E-state index in [4.69, 9.17) is 14.4 Å². The summed E-state index contributed by atoms with van der Waals surface area (Å²) in [6.45, 7) is 0. The normalized spacial score (nSPS) is 11.4. The SMILES string of the molecule is c1ccc(-c2ccc(-c3cc(-c4cc(-c5cccc6ccccc56)cc(-c5cccc6oc7ccccc7c56)c4)nc(-c4ccccc4)n3)cc2)cc1. The molecule has 0 aliphatic rings. The van der Waals surface area contributed by atoms with Crippen molar-refractivity contribution < 1.29 is 4.42 Å². The van der Waals surface area contributed by atoms with E-state index in [0.29, 0.717) is 5.82 Å². The number of furan rings is 1. The van der Waals surface area contributed by atoms with Gasteiger partial charge in [-0.2, -0.15) is 0 Å². The van der Waals surface area contributed by atoms with E-state index >= 15 is 0 Å².